The second kappa shape index (κ2) is 5.61. The molecular weight excluding hydrogens is 262 g/mol. The summed E-state index contributed by atoms with van der Waals surface area (Å²) in [6.07, 6.45) is 0.941. The van der Waals surface area contributed by atoms with Gasteiger partial charge >= 0.3 is 0 Å². The maximum Gasteiger partial charge on any atom is 0.214 e. The highest BCUT2D eigenvalue weighted by Gasteiger charge is 2.25. The molecule has 0 bridgehead atoms. The zero-order valence-electron chi connectivity index (χ0n) is 11.5. The first-order valence-corrected chi connectivity index (χ1v) is 8.36. The Morgan fingerprint density at radius 1 is 1.32 bits per heavy atom. The van der Waals surface area contributed by atoms with Crippen molar-refractivity contribution in [2.24, 2.45) is 0 Å². The summed E-state index contributed by atoms with van der Waals surface area (Å²) in [5.74, 6) is 0.139. The molecule has 0 fully saturated rings. The van der Waals surface area contributed by atoms with Crippen LogP contribution in [0, 0.1) is 0 Å². The van der Waals surface area contributed by atoms with E-state index < -0.39 is 16.1 Å². The van der Waals surface area contributed by atoms with E-state index in [9.17, 15) is 13.5 Å². The van der Waals surface area contributed by atoms with Gasteiger partial charge in [0.25, 0.3) is 0 Å². The van der Waals surface area contributed by atoms with Crippen LogP contribution in [0.15, 0.2) is 18.2 Å². The lowest BCUT2D eigenvalue weighted by Crippen LogP contribution is -2.36. The van der Waals surface area contributed by atoms with Crippen LogP contribution in [0.25, 0.3) is 0 Å². The van der Waals surface area contributed by atoms with E-state index in [2.05, 4.69) is 0 Å². The van der Waals surface area contributed by atoms with Gasteiger partial charge in [-0.1, -0.05) is 25.1 Å². The molecule has 0 radical (unpaired) electrons. The molecule has 1 atom stereocenters. The molecule has 5 heteroatoms. The molecule has 2 rings (SSSR count). The van der Waals surface area contributed by atoms with Gasteiger partial charge in [0.05, 0.1) is 11.9 Å². The molecular formula is C14H21NO3S. The molecule has 0 amide bonds. The minimum atomic E-state index is -3.13. The van der Waals surface area contributed by atoms with E-state index in [0.717, 1.165) is 17.5 Å². The molecule has 1 aliphatic heterocycles. The number of benzene rings is 1. The van der Waals surface area contributed by atoms with Gasteiger partial charge in [-0.2, -0.15) is 4.31 Å². The molecule has 4 nitrogen and oxygen atoms in total. The molecule has 0 saturated carbocycles. The Morgan fingerprint density at radius 3 is 2.68 bits per heavy atom. The summed E-state index contributed by atoms with van der Waals surface area (Å²) in [7, 11) is -3.13. The van der Waals surface area contributed by atoms with Gasteiger partial charge in [0.2, 0.25) is 10.0 Å². The summed E-state index contributed by atoms with van der Waals surface area (Å²) < 4.78 is 25.4. The van der Waals surface area contributed by atoms with Crippen molar-refractivity contribution in [3.8, 4) is 0 Å². The average molecular weight is 283 g/mol. The molecule has 1 N–H and O–H groups in total. The van der Waals surface area contributed by atoms with Crippen molar-refractivity contribution >= 4 is 10.0 Å². The van der Waals surface area contributed by atoms with Crippen molar-refractivity contribution in [3.05, 3.63) is 34.9 Å². The smallest absolute Gasteiger partial charge is 0.214 e. The van der Waals surface area contributed by atoms with Gasteiger partial charge in [0.15, 0.2) is 0 Å². The Labute approximate surface area is 115 Å². The first-order valence-electron chi connectivity index (χ1n) is 6.75. The first-order chi connectivity index (χ1) is 8.97. The molecule has 0 saturated heterocycles. The molecule has 0 aliphatic carbocycles. The van der Waals surface area contributed by atoms with Gasteiger partial charge in [-0.05, 0) is 36.5 Å². The average Bonchev–Trinajstić information content (AvgIpc) is 2.45. The van der Waals surface area contributed by atoms with Crippen molar-refractivity contribution in [2.75, 3.05) is 12.3 Å². The third-order valence-corrected chi connectivity index (χ3v) is 5.57. The van der Waals surface area contributed by atoms with Gasteiger partial charge < -0.3 is 5.11 Å². The van der Waals surface area contributed by atoms with Crippen molar-refractivity contribution in [1.29, 1.82) is 0 Å². The molecule has 1 aromatic carbocycles. The van der Waals surface area contributed by atoms with Gasteiger partial charge in [-0.3, -0.25) is 0 Å². The molecule has 1 aliphatic rings. The first kappa shape index (κ1) is 14.5. The molecule has 19 heavy (non-hydrogen) atoms. The van der Waals surface area contributed by atoms with Crippen molar-refractivity contribution < 1.29 is 13.5 Å². The van der Waals surface area contributed by atoms with Crippen molar-refractivity contribution in [3.63, 3.8) is 0 Å². The van der Waals surface area contributed by atoms with Crippen molar-refractivity contribution in [2.45, 2.75) is 39.3 Å². The molecule has 1 aromatic rings. The molecule has 1 heterocycles. The normalized spacial score (nSPS) is 18.1. The topological polar surface area (TPSA) is 57.6 Å². The lowest BCUT2D eigenvalue weighted by atomic mass is 9.96. The van der Waals surface area contributed by atoms with Crippen LogP contribution in [0.3, 0.4) is 0 Å². The second-order valence-electron chi connectivity index (χ2n) is 4.94. The molecule has 0 spiro atoms. The largest absolute Gasteiger partial charge is 0.388 e. The Morgan fingerprint density at radius 2 is 2.05 bits per heavy atom. The fraction of sp³-hybridized carbons (Fsp3) is 0.571. The number of sulfonamides is 1. The van der Waals surface area contributed by atoms with Crippen LogP contribution in [0.2, 0.25) is 0 Å². The maximum absolute atomic E-state index is 11.9. The third-order valence-electron chi connectivity index (χ3n) is 3.74. The minimum absolute atomic E-state index is 0.139. The highest BCUT2D eigenvalue weighted by atomic mass is 32.2. The van der Waals surface area contributed by atoms with Gasteiger partial charge in [0.1, 0.15) is 0 Å². The zero-order valence-corrected chi connectivity index (χ0v) is 12.3. The monoisotopic (exact) mass is 283 g/mol. The van der Waals surface area contributed by atoms with Gasteiger partial charge in [-0.15, -0.1) is 0 Å². The Balaban J connectivity index is 2.28. The fourth-order valence-corrected chi connectivity index (χ4v) is 3.48. The van der Waals surface area contributed by atoms with E-state index in [1.165, 1.54) is 9.87 Å². The highest BCUT2D eigenvalue weighted by Crippen LogP contribution is 2.25. The quantitative estimate of drug-likeness (QED) is 0.917. The summed E-state index contributed by atoms with van der Waals surface area (Å²) in [4.78, 5) is 0. The predicted octanol–water partition coefficient (Wildman–Crippen LogP) is 1.84. The number of fused-ring (bicyclic) bond motifs is 1. The van der Waals surface area contributed by atoms with Crippen LogP contribution < -0.4 is 0 Å². The number of hydrogen-bond acceptors (Lipinski definition) is 3. The number of aliphatic hydroxyl groups excluding tert-OH is 1. The summed E-state index contributed by atoms with van der Waals surface area (Å²) in [5.41, 5.74) is 3.08. The van der Waals surface area contributed by atoms with E-state index in [1.54, 1.807) is 6.92 Å². The second-order valence-corrected chi connectivity index (χ2v) is 7.19. The summed E-state index contributed by atoms with van der Waals surface area (Å²) in [6, 6.07) is 5.90. The predicted molar refractivity (Wildman–Crippen MR) is 75.3 cm³/mol. The van der Waals surface area contributed by atoms with Crippen molar-refractivity contribution in [1.82, 2.24) is 4.31 Å². The molecule has 106 valence electrons. The van der Waals surface area contributed by atoms with Crippen LogP contribution in [0.5, 0.6) is 0 Å². The maximum atomic E-state index is 11.9. The van der Waals surface area contributed by atoms with Gasteiger partial charge in [-0.25, -0.2) is 8.42 Å². The van der Waals surface area contributed by atoms with Crippen LogP contribution >= 0.6 is 0 Å². The lowest BCUT2D eigenvalue weighted by molar-refractivity contribution is 0.173. The summed E-state index contributed by atoms with van der Waals surface area (Å²) in [6.45, 7) is 4.58. The Kier molecular flexibility index (Phi) is 4.28. The number of hydrogen-bond donors (Lipinski definition) is 1. The van der Waals surface area contributed by atoms with Crippen LogP contribution in [-0.4, -0.2) is 30.1 Å². The summed E-state index contributed by atoms with van der Waals surface area (Å²) in [5, 5.41) is 9.87. The molecule has 0 aromatic heterocycles. The molecule has 1 unspecified atom stereocenters. The van der Waals surface area contributed by atoms with Crippen LogP contribution in [0.4, 0.5) is 0 Å². The van der Waals surface area contributed by atoms with E-state index in [4.69, 9.17) is 0 Å². The SMILES string of the molecule is CCC(O)c1ccc2c(c1)CN(S(=O)(=O)CC)CC2. The standard InChI is InChI=1S/C14H21NO3S/c1-3-14(16)12-6-5-11-7-8-15(10-13(11)9-12)19(17,18)4-2/h5-6,9,14,16H,3-4,7-8,10H2,1-2H3. The van der Waals surface area contributed by atoms with Crippen LogP contribution in [0.1, 0.15) is 43.1 Å². The van der Waals surface area contributed by atoms with E-state index in [1.807, 2.05) is 25.1 Å². The van der Waals surface area contributed by atoms with E-state index in [-0.39, 0.29) is 5.75 Å². The Bertz CT molecular complexity index is 554. The zero-order chi connectivity index (χ0) is 14.0. The fourth-order valence-electron chi connectivity index (χ4n) is 2.41. The van der Waals surface area contributed by atoms with Crippen LogP contribution in [-0.2, 0) is 23.0 Å². The minimum Gasteiger partial charge on any atom is -0.388 e. The third kappa shape index (κ3) is 2.99. The van der Waals surface area contributed by atoms with E-state index >= 15 is 0 Å². The lowest BCUT2D eigenvalue weighted by Gasteiger charge is -2.28. The summed E-state index contributed by atoms with van der Waals surface area (Å²) >= 11 is 0. The van der Waals surface area contributed by atoms with Gasteiger partial charge in [0, 0.05) is 13.1 Å². The highest BCUT2D eigenvalue weighted by molar-refractivity contribution is 7.89. The number of nitrogens with zero attached hydrogens (tertiary/aromatic N) is 1. The number of rotatable bonds is 4. The Hall–Kier alpha value is -0.910. The van der Waals surface area contributed by atoms with E-state index in [0.29, 0.717) is 19.5 Å². The number of aliphatic hydroxyl groups is 1.